The fraction of sp³-hybridized carbons (Fsp3) is 0.667. The average Bonchev–Trinajstić information content (AvgIpc) is 2.89. The highest BCUT2D eigenvalue weighted by molar-refractivity contribution is 5.75. The van der Waals surface area contributed by atoms with Crippen LogP contribution in [-0.4, -0.2) is 72.4 Å². The SMILES string of the molecule is CCc1nc(NC(CC)CC)c(OC)nc1-c1ccc(C(C)C)nc1NCCCN1CCOCC1. The standard InChI is InChI=1S/C27H44N6O2/c1-7-20(8-2)29-26-27(34-6)32-24(22(9-3)30-26)21-11-12-23(19(4)5)31-25(21)28-13-10-14-33-15-17-35-18-16-33/h11-12,19-20H,7-10,13-18H2,1-6H3,(H,28,31)(H,29,30). The highest BCUT2D eigenvalue weighted by Crippen LogP contribution is 2.33. The third-order valence-corrected chi connectivity index (χ3v) is 6.60. The molecule has 1 aliphatic heterocycles. The van der Waals surface area contributed by atoms with E-state index < -0.39 is 0 Å². The molecule has 194 valence electrons. The van der Waals surface area contributed by atoms with Crippen LogP contribution in [0, 0.1) is 0 Å². The number of morpholine rings is 1. The van der Waals surface area contributed by atoms with E-state index in [1.165, 1.54) is 0 Å². The molecule has 2 aromatic rings. The summed E-state index contributed by atoms with van der Waals surface area (Å²) < 4.78 is 11.1. The molecule has 2 N–H and O–H groups in total. The zero-order chi connectivity index (χ0) is 25.2. The van der Waals surface area contributed by atoms with Gasteiger partial charge in [-0.15, -0.1) is 0 Å². The molecule has 1 fully saturated rings. The van der Waals surface area contributed by atoms with Crippen LogP contribution in [0.1, 0.15) is 71.2 Å². The van der Waals surface area contributed by atoms with E-state index in [0.717, 1.165) is 93.5 Å². The van der Waals surface area contributed by atoms with Crippen molar-refractivity contribution in [3.8, 4) is 17.1 Å². The van der Waals surface area contributed by atoms with Gasteiger partial charge in [-0.1, -0.05) is 34.6 Å². The fourth-order valence-electron chi connectivity index (χ4n) is 4.30. The van der Waals surface area contributed by atoms with Gasteiger partial charge in [0.2, 0.25) is 0 Å². The maximum absolute atomic E-state index is 5.67. The molecule has 1 aliphatic rings. The molecule has 0 bridgehead atoms. The maximum atomic E-state index is 5.67. The number of rotatable bonds is 13. The summed E-state index contributed by atoms with van der Waals surface area (Å²) in [5.41, 5.74) is 3.81. The van der Waals surface area contributed by atoms with E-state index in [1.54, 1.807) is 7.11 Å². The van der Waals surface area contributed by atoms with Crippen LogP contribution in [0.2, 0.25) is 0 Å². The molecular weight excluding hydrogens is 440 g/mol. The van der Waals surface area contributed by atoms with Crippen LogP contribution in [0.25, 0.3) is 11.3 Å². The van der Waals surface area contributed by atoms with Crippen LogP contribution in [0.4, 0.5) is 11.6 Å². The van der Waals surface area contributed by atoms with Crippen molar-refractivity contribution in [2.75, 3.05) is 57.1 Å². The Morgan fingerprint density at radius 3 is 2.40 bits per heavy atom. The van der Waals surface area contributed by atoms with E-state index in [1.807, 2.05) is 0 Å². The lowest BCUT2D eigenvalue weighted by Gasteiger charge is -2.26. The van der Waals surface area contributed by atoms with Crippen LogP contribution in [0.5, 0.6) is 5.88 Å². The lowest BCUT2D eigenvalue weighted by atomic mass is 10.0. The van der Waals surface area contributed by atoms with E-state index in [4.69, 9.17) is 24.4 Å². The summed E-state index contributed by atoms with van der Waals surface area (Å²) in [4.78, 5) is 17.4. The summed E-state index contributed by atoms with van der Waals surface area (Å²) in [6.45, 7) is 16.4. The number of hydrogen-bond donors (Lipinski definition) is 2. The molecule has 2 aromatic heterocycles. The number of hydrogen-bond acceptors (Lipinski definition) is 8. The van der Waals surface area contributed by atoms with Gasteiger partial charge in [0.15, 0.2) is 5.82 Å². The average molecular weight is 485 g/mol. The lowest BCUT2D eigenvalue weighted by Crippen LogP contribution is -2.37. The summed E-state index contributed by atoms with van der Waals surface area (Å²) in [5.74, 6) is 2.45. The van der Waals surface area contributed by atoms with Crippen molar-refractivity contribution in [2.24, 2.45) is 0 Å². The Balaban J connectivity index is 1.88. The van der Waals surface area contributed by atoms with Crippen molar-refractivity contribution in [2.45, 2.75) is 72.3 Å². The zero-order valence-corrected chi connectivity index (χ0v) is 22.5. The molecule has 3 rings (SSSR count). The fourth-order valence-corrected chi connectivity index (χ4v) is 4.30. The van der Waals surface area contributed by atoms with Gasteiger partial charge in [-0.05, 0) is 50.3 Å². The lowest BCUT2D eigenvalue weighted by molar-refractivity contribution is 0.0378. The summed E-state index contributed by atoms with van der Waals surface area (Å²) in [5, 5.41) is 7.13. The molecule has 0 spiro atoms. The monoisotopic (exact) mass is 484 g/mol. The van der Waals surface area contributed by atoms with Gasteiger partial charge in [-0.3, -0.25) is 4.90 Å². The number of methoxy groups -OCH3 is 1. The van der Waals surface area contributed by atoms with Crippen molar-refractivity contribution >= 4 is 11.6 Å². The van der Waals surface area contributed by atoms with Gasteiger partial charge in [0.25, 0.3) is 5.88 Å². The first-order valence-corrected chi connectivity index (χ1v) is 13.3. The highest BCUT2D eigenvalue weighted by Gasteiger charge is 2.20. The van der Waals surface area contributed by atoms with Crippen molar-refractivity contribution in [1.29, 1.82) is 0 Å². The molecule has 0 saturated carbocycles. The number of ether oxygens (including phenoxy) is 2. The van der Waals surface area contributed by atoms with Gasteiger partial charge in [0.05, 0.1) is 31.7 Å². The van der Waals surface area contributed by atoms with Gasteiger partial charge in [0.1, 0.15) is 5.82 Å². The Labute approximate surface area is 211 Å². The third-order valence-electron chi connectivity index (χ3n) is 6.60. The van der Waals surface area contributed by atoms with Crippen LogP contribution in [-0.2, 0) is 11.2 Å². The molecule has 35 heavy (non-hydrogen) atoms. The molecule has 8 heteroatoms. The smallest absolute Gasteiger partial charge is 0.257 e. The summed E-state index contributed by atoms with van der Waals surface area (Å²) in [6.07, 6.45) is 3.85. The van der Waals surface area contributed by atoms with Crippen LogP contribution < -0.4 is 15.4 Å². The topological polar surface area (TPSA) is 84.4 Å². The largest absolute Gasteiger partial charge is 0.478 e. The molecule has 8 nitrogen and oxygen atoms in total. The molecule has 3 heterocycles. The quantitative estimate of drug-likeness (QED) is 0.386. The Hall–Kier alpha value is -2.45. The Kier molecular flexibility index (Phi) is 10.5. The number of anilines is 2. The van der Waals surface area contributed by atoms with Crippen LogP contribution >= 0.6 is 0 Å². The number of nitrogens with zero attached hydrogens (tertiary/aromatic N) is 4. The van der Waals surface area contributed by atoms with Crippen LogP contribution in [0.3, 0.4) is 0 Å². The first-order valence-electron chi connectivity index (χ1n) is 13.3. The second-order valence-electron chi connectivity index (χ2n) is 9.41. The molecule has 0 unspecified atom stereocenters. The predicted molar refractivity (Wildman–Crippen MR) is 144 cm³/mol. The Morgan fingerprint density at radius 2 is 1.77 bits per heavy atom. The van der Waals surface area contributed by atoms with Gasteiger partial charge in [-0.25, -0.2) is 15.0 Å². The van der Waals surface area contributed by atoms with Crippen LogP contribution in [0.15, 0.2) is 12.1 Å². The van der Waals surface area contributed by atoms with Gasteiger partial charge in [0, 0.05) is 36.9 Å². The predicted octanol–water partition coefficient (Wildman–Crippen LogP) is 4.97. The van der Waals surface area contributed by atoms with Gasteiger partial charge >= 0.3 is 0 Å². The van der Waals surface area contributed by atoms with E-state index >= 15 is 0 Å². The molecule has 0 radical (unpaired) electrons. The second kappa shape index (κ2) is 13.6. The zero-order valence-electron chi connectivity index (χ0n) is 22.5. The van der Waals surface area contributed by atoms with Gasteiger partial charge in [-0.2, -0.15) is 0 Å². The summed E-state index contributed by atoms with van der Waals surface area (Å²) in [6, 6.07) is 4.57. The first-order chi connectivity index (χ1) is 17.0. The van der Waals surface area contributed by atoms with Crippen molar-refractivity contribution in [3.63, 3.8) is 0 Å². The number of pyridine rings is 1. The first kappa shape index (κ1) is 27.1. The highest BCUT2D eigenvalue weighted by atomic mass is 16.5. The minimum atomic E-state index is 0.337. The summed E-state index contributed by atoms with van der Waals surface area (Å²) >= 11 is 0. The van der Waals surface area contributed by atoms with E-state index in [-0.39, 0.29) is 0 Å². The number of aryl methyl sites for hydroxylation is 1. The van der Waals surface area contributed by atoms with E-state index in [0.29, 0.717) is 23.7 Å². The summed E-state index contributed by atoms with van der Waals surface area (Å²) in [7, 11) is 1.66. The van der Waals surface area contributed by atoms with Crippen molar-refractivity contribution in [1.82, 2.24) is 19.9 Å². The molecule has 1 saturated heterocycles. The molecule has 0 amide bonds. The molecule has 0 aliphatic carbocycles. The van der Waals surface area contributed by atoms with E-state index in [9.17, 15) is 0 Å². The van der Waals surface area contributed by atoms with E-state index in [2.05, 4.69) is 62.3 Å². The van der Waals surface area contributed by atoms with Crippen molar-refractivity contribution < 1.29 is 9.47 Å². The van der Waals surface area contributed by atoms with Crippen molar-refractivity contribution in [3.05, 3.63) is 23.5 Å². The molecule has 0 aromatic carbocycles. The Bertz CT molecular complexity index is 926. The Morgan fingerprint density at radius 1 is 1.03 bits per heavy atom. The minimum absolute atomic E-state index is 0.337. The maximum Gasteiger partial charge on any atom is 0.257 e. The van der Waals surface area contributed by atoms with Gasteiger partial charge < -0.3 is 20.1 Å². The number of aromatic nitrogens is 3. The second-order valence-corrected chi connectivity index (χ2v) is 9.41. The number of nitrogens with one attached hydrogen (secondary N) is 2. The normalized spacial score (nSPS) is 14.5. The third kappa shape index (κ3) is 7.27. The minimum Gasteiger partial charge on any atom is -0.478 e. The molecular formula is C27H44N6O2. The molecule has 0 atom stereocenters.